The Hall–Kier alpha value is -3.84. The van der Waals surface area contributed by atoms with E-state index in [1.807, 2.05) is 66.7 Å². The van der Waals surface area contributed by atoms with Crippen LogP contribution in [0, 0.1) is 11.3 Å². The number of aromatic hydroxyl groups is 1. The van der Waals surface area contributed by atoms with Crippen LogP contribution in [-0.2, 0) is 17.6 Å². The molecule has 0 atom stereocenters. The van der Waals surface area contributed by atoms with Gasteiger partial charge in [-0.1, -0.05) is 60.7 Å². The van der Waals surface area contributed by atoms with E-state index >= 15 is 0 Å². The summed E-state index contributed by atoms with van der Waals surface area (Å²) in [6, 6.07) is 25.0. The quantitative estimate of drug-likeness (QED) is 0.510. The van der Waals surface area contributed by atoms with E-state index in [1.54, 1.807) is 12.1 Å². The molecule has 0 spiro atoms. The second kappa shape index (κ2) is 8.70. The van der Waals surface area contributed by atoms with Gasteiger partial charge < -0.3 is 10.8 Å². The van der Waals surface area contributed by atoms with E-state index in [2.05, 4.69) is 0 Å². The van der Waals surface area contributed by atoms with Crippen molar-refractivity contribution < 1.29 is 9.90 Å². The van der Waals surface area contributed by atoms with Crippen molar-refractivity contribution in [2.75, 3.05) is 0 Å². The third kappa shape index (κ3) is 4.66. The number of phenols is 1. The average molecular weight is 368 g/mol. The van der Waals surface area contributed by atoms with Gasteiger partial charge >= 0.3 is 0 Å². The molecule has 4 nitrogen and oxygen atoms in total. The molecule has 3 aromatic carbocycles. The fraction of sp³-hybridized carbons (Fsp3) is 0.0833. The lowest BCUT2D eigenvalue weighted by Crippen LogP contribution is -2.12. The molecule has 1 amide bonds. The summed E-state index contributed by atoms with van der Waals surface area (Å²) in [4.78, 5) is 11.4. The molecule has 0 aliphatic rings. The summed E-state index contributed by atoms with van der Waals surface area (Å²) in [5.74, 6) is -0.549. The Kier molecular flexibility index (Phi) is 5.88. The van der Waals surface area contributed by atoms with Crippen molar-refractivity contribution in [3.63, 3.8) is 0 Å². The molecule has 0 aliphatic carbocycles. The molecule has 3 rings (SSSR count). The molecule has 138 valence electrons. The van der Waals surface area contributed by atoms with Crippen molar-refractivity contribution >= 4 is 12.0 Å². The zero-order chi connectivity index (χ0) is 19.9. The van der Waals surface area contributed by atoms with Crippen LogP contribution in [0.3, 0.4) is 0 Å². The minimum absolute atomic E-state index is 0.123. The third-order valence-electron chi connectivity index (χ3n) is 4.46. The molecular weight excluding hydrogens is 348 g/mol. The van der Waals surface area contributed by atoms with E-state index in [0.29, 0.717) is 18.4 Å². The number of benzene rings is 3. The molecular formula is C24H20N2O2. The van der Waals surface area contributed by atoms with Crippen LogP contribution in [0.25, 0.3) is 6.08 Å². The van der Waals surface area contributed by atoms with E-state index in [4.69, 9.17) is 11.0 Å². The number of primary amides is 1. The maximum absolute atomic E-state index is 11.4. The molecule has 0 bridgehead atoms. The predicted octanol–water partition coefficient (Wildman–Crippen LogP) is 3.97. The Balaban J connectivity index is 2.07. The second-order valence-electron chi connectivity index (χ2n) is 6.55. The van der Waals surface area contributed by atoms with Gasteiger partial charge in [-0.2, -0.15) is 5.26 Å². The standard InChI is InChI=1S/C24H20N2O2/c25-16-22(24(26)28)15-19-13-20(11-17-7-3-1-4-8-17)23(27)21(14-19)12-18-9-5-2-6-10-18/h1-10,13-15,27H,11-12H2,(H2,26,28)/b22-15-. The zero-order valence-electron chi connectivity index (χ0n) is 15.3. The minimum atomic E-state index is -0.773. The van der Waals surface area contributed by atoms with Gasteiger partial charge in [-0.15, -0.1) is 0 Å². The summed E-state index contributed by atoms with van der Waals surface area (Å²) in [5.41, 5.74) is 9.37. The zero-order valence-corrected chi connectivity index (χ0v) is 15.3. The fourth-order valence-electron chi connectivity index (χ4n) is 3.10. The number of hydrogen-bond donors (Lipinski definition) is 2. The summed E-state index contributed by atoms with van der Waals surface area (Å²) in [6.45, 7) is 0. The van der Waals surface area contributed by atoms with Gasteiger partial charge in [-0.05, 0) is 46.0 Å². The van der Waals surface area contributed by atoms with E-state index in [9.17, 15) is 9.90 Å². The van der Waals surface area contributed by atoms with E-state index in [1.165, 1.54) is 6.08 Å². The smallest absolute Gasteiger partial charge is 0.259 e. The molecule has 0 heterocycles. The highest BCUT2D eigenvalue weighted by molar-refractivity contribution is 6.00. The Bertz CT molecular complexity index is 986. The number of nitrogens with zero attached hydrogens (tertiary/aromatic N) is 1. The molecule has 4 heteroatoms. The topological polar surface area (TPSA) is 87.1 Å². The first-order valence-electron chi connectivity index (χ1n) is 8.91. The van der Waals surface area contributed by atoms with Crippen LogP contribution in [0.5, 0.6) is 5.75 Å². The van der Waals surface area contributed by atoms with Crippen molar-refractivity contribution in [3.8, 4) is 11.8 Å². The summed E-state index contributed by atoms with van der Waals surface area (Å²) < 4.78 is 0. The van der Waals surface area contributed by atoms with Gasteiger partial charge in [0.05, 0.1) is 0 Å². The van der Waals surface area contributed by atoms with Gasteiger partial charge in [0, 0.05) is 12.8 Å². The van der Waals surface area contributed by atoms with Crippen LogP contribution in [-0.4, -0.2) is 11.0 Å². The molecule has 0 saturated heterocycles. The van der Waals surface area contributed by atoms with E-state index in [-0.39, 0.29) is 11.3 Å². The van der Waals surface area contributed by atoms with Crippen molar-refractivity contribution in [1.82, 2.24) is 0 Å². The van der Waals surface area contributed by atoms with Crippen LogP contribution in [0.4, 0.5) is 0 Å². The normalized spacial score (nSPS) is 11.0. The molecule has 0 aromatic heterocycles. The Morgan fingerprint density at radius 1 is 0.929 bits per heavy atom. The first kappa shape index (κ1) is 18.9. The minimum Gasteiger partial charge on any atom is -0.507 e. The van der Waals surface area contributed by atoms with Crippen LogP contribution < -0.4 is 5.73 Å². The van der Waals surface area contributed by atoms with Crippen LogP contribution >= 0.6 is 0 Å². The highest BCUT2D eigenvalue weighted by Gasteiger charge is 2.12. The summed E-state index contributed by atoms with van der Waals surface area (Å²) in [5, 5.41) is 20.0. The average Bonchev–Trinajstić information content (AvgIpc) is 2.70. The van der Waals surface area contributed by atoms with Gasteiger partial charge in [-0.25, -0.2) is 0 Å². The summed E-state index contributed by atoms with van der Waals surface area (Å²) >= 11 is 0. The summed E-state index contributed by atoms with van der Waals surface area (Å²) in [7, 11) is 0. The molecule has 0 aliphatic heterocycles. The highest BCUT2D eigenvalue weighted by atomic mass is 16.3. The second-order valence-corrected chi connectivity index (χ2v) is 6.55. The fourth-order valence-corrected chi connectivity index (χ4v) is 3.10. The van der Waals surface area contributed by atoms with Crippen LogP contribution in [0.1, 0.15) is 27.8 Å². The van der Waals surface area contributed by atoms with Crippen molar-refractivity contribution in [3.05, 3.63) is 106 Å². The summed E-state index contributed by atoms with van der Waals surface area (Å²) in [6.07, 6.45) is 2.54. The molecule has 0 radical (unpaired) electrons. The number of phenolic OH excluding ortho intramolecular Hbond substituents is 1. The number of nitrogens with two attached hydrogens (primary N) is 1. The highest BCUT2D eigenvalue weighted by Crippen LogP contribution is 2.30. The van der Waals surface area contributed by atoms with Crippen molar-refractivity contribution in [1.29, 1.82) is 5.26 Å². The van der Waals surface area contributed by atoms with Gasteiger partial charge in [-0.3, -0.25) is 4.79 Å². The van der Waals surface area contributed by atoms with Gasteiger partial charge in [0.25, 0.3) is 5.91 Å². The molecule has 0 saturated carbocycles. The van der Waals surface area contributed by atoms with Crippen molar-refractivity contribution in [2.45, 2.75) is 12.8 Å². The van der Waals surface area contributed by atoms with Gasteiger partial charge in [0.1, 0.15) is 17.4 Å². The maximum Gasteiger partial charge on any atom is 0.259 e. The predicted molar refractivity (Wildman–Crippen MR) is 109 cm³/mol. The SMILES string of the molecule is N#C/C(=C/c1cc(Cc2ccccc2)c(O)c(Cc2ccccc2)c1)C(N)=O. The largest absolute Gasteiger partial charge is 0.507 e. The number of nitriles is 1. The molecule has 28 heavy (non-hydrogen) atoms. The Labute approximate surface area is 164 Å². The molecule has 0 unspecified atom stereocenters. The molecule has 0 fully saturated rings. The first-order valence-corrected chi connectivity index (χ1v) is 8.91. The lowest BCUT2D eigenvalue weighted by molar-refractivity contribution is -0.114. The monoisotopic (exact) mass is 368 g/mol. The Morgan fingerprint density at radius 2 is 1.39 bits per heavy atom. The van der Waals surface area contributed by atoms with Gasteiger partial charge in [0.2, 0.25) is 0 Å². The van der Waals surface area contributed by atoms with Crippen LogP contribution in [0.2, 0.25) is 0 Å². The number of rotatable bonds is 6. The van der Waals surface area contributed by atoms with E-state index in [0.717, 1.165) is 22.3 Å². The number of carbonyl (C=O) groups excluding carboxylic acids is 1. The lowest BCUT2D eigenvalue weighted by Gasteiger charge is -2.13. The van der Waals surface area contributed by atoms with Crippen LogP contribution in [0.15, 0.2) is 78.4 Å². The van der Waals surface area contributed by atoms with E-state index < -0.39 is 5.91 Å². The molecule has 3 N–H and O–H groups in total. The number of carbonyl (C=O) groups is 1. The number of hydrogen-bond acceptors (Lipinski definition) is 3. The molecule has 3 aromatic rings. The lowest BCUT2D eigenvalue weighted by atomic mass is 9.94. The first-order chi connectivity index (χ1) is 13.6. The van der Waals surface area contributed by atoms with Crippen molar-refractivity contribution in [2.24, 2.45) is 5.73 Å². The Morgan fingerprint density at radius 3 is 1.79 bits per heavy atom. The number of amides is 1. The maximum atomic E-state index is 11.4. The van der Waals surface area contributed by atoms with Gasteiger partial charge in [0.15, 0.2) is 0 Å². The third-order valence-corrected chi connectivity index (χ3v) is 4.46.